The molecule has 11 heteroatoms. The van der Waals surface area contributed by atoms with Gasteiger partial charge in [-0.15, -0.1) is 0 Å². The molecule has 1 aliphatic rings. The third-order valence-electron chi connectivity index (χ3n) is 8.11. The molecular weight excluding hydrogens is 587 g/mol. The van der Waals surface area contributed by atoms with Crippen molar-refractivity contribution in [2.75, 3.05) is 19.6 Å². The first-order valence-electron chi connectivity index (χ1n) is 15.5. The van der Waals surface area contributed by atoms with Gasteiger partial charge in [0.2, 0.25) is 11.8 Å². The third kappa shape index (κ3) is 8.94. The number of carbonyl (C=O) groups is 3. The molecule has 3 amide bonds. The number of fused-ring (bicyclic) bond motifs is 1. The smallest absolute Gasteiger partial charge is 0.270 e. The van der Waals surface area contributed by atoms with Gasteiger partial charge in [-0.3, -0.25) is 14.4 Å². The summed E-state index contributed by atoms with van der Waals surface area (Å²) in [5.41, 5.74) is 7.95. The number of para-hydroxylation sites is 1. The molecule has 0 saturated carbocycles. The van der Waals surface area contributed by atoms with E-state index in [0.717, 1.165) is 42.4 Å². The first-order chi connectivity index (χ1) is 22.2. The molecule has 1 aliphatic heterocycles. The summed E-state index contributed by atoms with van der Waals surface area (Å²) in [5, 5.41) is 22.2. The fourth-order valence-corrected chi connectivity index (χ4v) is 5.68. The van der Waals surface area contributed by atoms with Crippen molar-refractivity contribution in [3.05, 3.63) is 114 Å². The van der Waals surface area contributed by atoms with E-state index in [0.29, 0.717) is 18.5 Å². The van der Waals surface area contributed by atoms with Crippen LogP contribution in [0.1, 0.15) is 40.9 Å². The first kappa shape index (κ1) is 32.7. The van der Waals surface area contributed by atoms with Crippen LogP contribution in [0.3, 0.4) is 0 Å². The predicted octanol–water partition coefficient (Wildman–Crippen LogP) is 2.95. The van der Waals surface area contributed by atoms with Crippen LogP contribution in [0.25, 0.3) is 10.9 Å². The maximum atomic E-state index is 13.7. The van der Waals surface area contributed by atoms with Gasteiger partial charge in [-0.25, -0.2) is 19.4 Å². The second-order valence-corrected chi connectivity index (χ2v) is 11.6. The Balaban J connectivity index is 1.34. The van der Waals surface area contributed by atoms with Gasteiger partial charge in [-0.1, -0.05) is 66.7 Å². The summed E-state index contributed by atoms with van der Waals surface area (Å²) >= 11 is 0. The Labute approximate surface area is 267 Å². The zero-order chi connectivity index (χ0) is 32.5. The number of primary amides is 1. The van der Waals surface area contributed by atoms with Crippen molar-refractivity contribution >= 4 is 28.6 Å². The molecule has 0 aliphatic carbocycles. The Kier molecular flexibility index (Phi) is 11.0. The lowest BCUT2D eigenvalue weighted by atomic mass is 10.00. The van der Waals surface area contributed by atoms with Crippen molar-refractivity contribution in [3.63, 3.8) is 0 Å². The number of rotatable bonds is 14. The summed E-state index contributed by atoms with van der Waals surface area (Å²) in [6.45, 7) is 2.27. The minimum absolute atomic E-state index is 0.0869. The highest BCUT2D eigenvalue weighted by molar-refractivity contribution is 5.99. The Hall–Kier alpha value is -4.71. The summed E-state index contributed by atoms with van der Waals surface area (Å²) in [5.74, 6) is -2.38. The van der Waals surface area contributed by atoms with E-state index in [-0.39, 0.29) is 18.1 Å². The second kappa shape index (κ2) is 15.5. The number of hydrogen-bond donors (Lipinski definition) is 4. The van der Waals surface area contributed by atoms with E-state index in [9.17, 15) is 23.9 Å². The monoisotopic (exact) mass is 626 g/mol. The number of carbonyl (C=O) groups excluding carboxylic acids is 3. The van der Waals surface area contributed by atoms with E-state index in [2.05, 4.69) is 20.6 Å². The molecule has 2 unspecified atom stereocenters. The normalized spacial score (nSPS) is 15.4. The number of nitrogens with one attached hydrogen (secondary N) is 2. The molecule has 1 aromatic heterocycles. The number of halogens is 1. The standard InChI is InChI=1S/C35H39FN6O4/c36-27-15-12-25(13-16-27)22-42(41-18-6-7-19-41)23-32(43)30(20-24-8-2-1-3-9-24)39-35(46)31(21-33(37)44)40-34(45)29-17-14-26-10-4-5-11-28(26)38-29/h1-5,8-17,30-32,43H,6-7,18-23H2,(H2,37,44)(H,39,46)(H,40,45)/t30-,31?,32?/m0/s1. The summed E-state index contributed by atoms with van der Waals surface area (Å²) in [4.78, 5) is 43.3. The van der Waals surface area contributed by atoms with E-state index in [1.165, 1.54) is 12.1 Å². The number of benzene rings is 3. The average Bonchev–Trinajstić information content (AvgIpc) is 3.60. The number of aromatic nitrogens is 1. The molecule has 10 nitrogen and oxygen atoms in total. The summed E-state index contributed by atoms with van der Waals surface area (Å²) in [6, 6.07) is 24.2. The van der Waals surface area contributed by atoms with Crippen LogP contribution in [0.15, 0.2) is 91.0 Å². The topological polar surface area (TPSA) is 141 Å². The summed E-state index contributed by atoms with van der Waals surface area (Å²) < 4.78 is 13.6. The van der Waals surface area contributed by atoms with Gasteiger partial charge in [-0.05, 0) is 54.7 Å². The highest BCUT2D eigenvalue weighted by Crippen LogP contribution is 2.18. The zero-order valence-electron chi connectivity index (χ0n) is 25.5. The maximum Gasteiger partial charge on any atom is 0.270 e. The maximum absolute atomic E-state index is 13.7. The lowest BCUT2D eigenvalue weighted by Crippen LogP contribution is -2.56. The molecule has 3 aromatic carbocycles. The highest BCUT2D eigenvalue weighted by Gasteiger charge is 2.31. The number of nitrogens with zero attached hydrogens (tertiary/aromatic N) is 3. The van der Waals surface area contributed by atoms with E-state index < -0.39 is 42.3 Å². The van der Waals surface area contributed by atoms with Crippen LogP contribution in [0.5, 0.6) is 0 Å². The van der Waals surface area contributed by atoms with Crippen molar-refractivity contribution in [1.29, 1.82) is 0 Å². The Morgan fingerprint density at radius 3 is 2.30 bits per heavy atom. The van der Waals surface area contributed by atoms with Crippen molar-refractivity contribution in [2.24, 2.45) is 5.73 Å². The van der Waals surface area contributed by atoms with Crippen LogP contribution in [-0.4, -0.2) is 75.7 Å². The van der Waals surface area contributed by atoms with Crippen molar-refractivity contribution in [2.45, 2.75) is 50.4 Å². The molecule has 3 atom stereocenters. The number of hydrazine groups is 1. The van der Waals surface area contributed by atoms with Gasteiger partial charge >= 0.3 is 0 Å². The number of amides is 3. The highest BCUT2D eigenvalue weighted by atomic mass is 19.1. The number of hydrogen-bond acceptors (Lipinski definition) is 7. The van der Waals surface area contributed by atoms with Gasteiger partial charge in [0.15, 0.2) is 0 Å². The second-order valence-electron chi connectivity index (χ2n) is 11.6. The largest absolute Gasteiger partial charge is 0.390 e. The van der Waals surface area contributed by atoms with Crippen molar-refractivity contribution < 1.29 is 23.9 Å². The fraction of sp³-hybridized carbons (Fsp3) is 0.314. The van der Waals surface area contributed by atoms with Crippen LogP contribution in [0, 0.1) is 5.82 Å². The molecule has 5 N–H and O–H groups in total. The van der Waals surface area contributed by atoms with Gasteiger partial charge in [0.25, 0.3) is 5.91 Å². The van der Waals surface area contributed by atoms with E-state index in [4.69, 9.17) is 5.73 Å². The van der Waals surface area contributed by atoms with Crippen LogP contribution >= 0.6 is 0 Å². The van der Waals surface area contributed by atoms with Crippen molar-refractivity contribution in [3.8, 4) is 0 Å². The van der Waals surface area contributed by atoms with E-state index >= 15 is 0 Å². The number of aliphatic hydroxyl groups excluding tert-OH is 1. The molecule has 4 aromatic rings. The third-order valence-corrected chi connectivity index (χ3v) is 8.11. The molecule has 0 bridgehead atoms. The first-order valence-corrected chi connectivity index (χ1v) is 15.5. The van der Waals surface area contributed by atoms with E-state index in [1.54, 1.807) is 30.3 Å². The molecule has 1 saturated heterocycles. The van der Waals surface area contributed by atoms with Crippen LogP contribution < -0.4 is 16.4 Å². The lowest BCUT2D eigenvalue weighted by molar-refractivity contribution is -0.128. The number of aliphatic hydroxyl groups is 1. The molecule has 5 rings (SSSR count). The molecule has 240 valence electrons. The molecule has 0 spiro atoms. The van der Waals surface area contributed by atoms with Gasteiger partial charge in [0.1, 0.15) is 17.6 Å². The summed E-state index contributed by atoms with van der Waals surface area (Å²) in [7, 11) is 0. The molecule has 46 heavy (non-hydrogen) atoms. The minimum Gasteiger partial charge on any atom is -0.390 e. The van der Waals surface area contributed by atoms with Gasteiger partial charge in [0, 0.05) is 31.6 Å². The van der Waals surface area contributed by atoms with Crippen molar-refractivity contribution in [1.82, 2.24) is 25.6 Å². The summed E-state index contributed by atoms with van der Waals surface area (Å²) in [6.07, 6.45) is 0.838. The van der Waals surface area contributed by atoms with Gasteiger partial charge < -0.3 is 21.5 Å². The number of pyridine rings is 1. The molecule has 0 radical (unpaired) electrons. The lowest BCUT2D eigenvalue weighted by Gasteiger charge is -2.36. The predicted molar refractivity (Wildman–Crippen MR) is 173 cm³/mol. The average molecular weight is 627 g/mol. The molecular formula is C35H39FN6O4. The Morgan fingerprint density at radius 2 is 1.59 bits per heavy atom. The Morgan fingerprint density at radius 1 is 0.891 bits per heavy atom. The zero-order valence-corrected chi connectivity index (χ0v) is 25.5. The van der Waals surface area contributed by atoms with Gasteiger partial charge in [-0.2, -0.15) is 0 Å². The van der Waals surface area contributed by atoms with Crippen LogP contribution in [-0.2, 0) is 22.6 Å². The fourth-order valence-electron chi connectivity index (χ4n) is 5.68. The molecule has 1 fully saturated rings. The van der Waals surface area contributed by atoms with E-state index in [1.807, 2.05) is 53.5 Å². The quantitative estimate of drug-likeness (QED) is 0.169. The molecule has 2 heterocycles. The van der Waals surface area contributed by atoms with Crippen LogP contribution in [0.4, 0.5) is 4.39 Å². The van der Waals surface area contributed by atoms with Crippen LogP contribution in [0.2, 0.25) is 0 Å². The Bertz CT molecular complexity index is 1630. The SMILES string of the molecule is NC(=O)CC(NC(=O)c1ccc2ccccc2n1)C(=O)N[C@@H](Cc1ccccc1)C(O)CN(Cc1ccc(F)cc1)N1CCCC1. The minimum atomic E-state index is -1.29. The number of nitrogens with two attached hydrogens (primary N) is 1. The van der Waals surface area contributed by atoms with Gasteiger partial charge in [0.05, 0.1) is 24.1 Å².